The van der Waals surface area contributed by atoms with Gasteiger partial charge in [-0.15, -0.1) is 0 Å². The molecule has 0 bridgehead atoms. The lowest BCUT2D eigenvalue weighted by atomic mass is 10.0. The highest BCUT2D eigenvalue weighted by molar-refractivity contribution is 5.94. The Labute approximate surface area is 125 Å². The van der Waals surface area contributed by atoms with Gasteiger partial charge in [0.15, 0.2) is 0 Å². The molecule has 2 rings (SSSR count). The second kappa shape index (κ2) is 6.25. The van der Waals surface area contributed by atoms with Crippen molar-refractivity contribution in [2.45, 2.75) is 25.6 Å². The molecule has 1 unspecified atom stereocenters. The molecule has 0 aromatic heterocycles. The summed E-state index contributed by atoms with van der Waals surface area (Å²) < 4.78 is 11.0. The Morgan fingerprint density at radius 2 is 2.33 bits per heavy atom. The van der Waals surface area contributed by atoms with Crippen molar-refractivity contribution in [1.29, 1.82) is 5.26 Å². The highest BCUT2D eigenvalue weighted by Gasteiger charge is 2.35. The largest absolute Gasteiger partial charge is 0.382 e. The third kappa shape index (κ3) is 3.81. The van der Waals surface area contributed by atoms with E-state index in [-0.39, 0.29) is 12.0 Å². The molecule has 112 valence electrons. The molecule has 5 nitrogen and oxygen atoms in total. The first-order valence-corrected chi connectivity index (χ1v) is 6.91. The zero-order valence-corrected chi connectivity index (χ0v) is 12.6. The lowest BCUT2D eigenvalue weighted by molar-refractivity contribution is -0.143. The Morgan fingerprint density at radius 1 is 1.57 bits per heavy atom. The second-order valence-corrected chi connectivity index (χ2v) is 5.83. The summed E-state index contributed by atoms with van der Waals surface area (Å²) in [6.45, 7) is 5.38. The summed E-state index contributed by atoms with van der Waals surface area (Å²) in [7, 11) is 1.62. The molecule has 0 saturated carbocycles. The molecule has 1 atom stereocenters. The molecule has 1 fully saturated rings. The van der Waals surface area contributed by atoms with Crippen LogP contribution in [0.25, 0.3) is 0 Å². The lowest BCUT2D eigenvalue weighted by Gasteiger charge is -2.42. The number of ether oxygens (including phenoxy) is 2. The quantitative estimate of drug-likeness (QED) is 0.851. The van der Waals surface area contributed by atoms with E-state index in [0.29, 0.717) is 30.8 Å². The van der Waals surface area contributed by atoms with Gasteiger partial charge in [-0.25, -0.2) is 0 Å². The van der Waals surface area contributed by atoms with E-state index in [1.807, 2.05) is 13.8 Å². The summed E-state index contributed by atoms with van der Waals surface area (Å²) in [5.41, 5.74) is 0.606. The number of carbonyl (C=O) groups is 1. The minimum Gasteiger partial charge on any atom is -0.382 e. The average molecular weight is 288 g/mol. The fourth-order valence-electron chi connectivity index (χ4n) is 2.63. The number of hydrogen-bond donors (Lipinski definition) is 0. The summed E-state index contributed by atoms with van der Waals surface area (Å²) in [5, 5.41) is 8.94. The summed E-state index contributed by atoms with van der Waals surface area (Å²) in [6, 6.07) is 8.82. The first-order chi connectivity index (χ1) is 9.95. The van der Waals surface area contributed by atoms with Crippen molar-refractivity contribution >= 4 is 5.91 Å². The van der Waals surface area contributed by atoms with Gasteiger partial charge in [-0.1, -0.05) is 6.07 Å². The number of amides is 1. The van der Waals surface area contributed by atoms with Crippen molar-refractivity contribution in [2.24, 2.45) is 0 Å². The molecule has 0 aliphatic carbocycles. The molecular weight excluding hydrogens is 268 g/mol. The van der Waals surface area contributed by atoms with E-state index in [9.17, 15) is 4.79 Å². The van der Waals surface area contributed by atoms with E-state index in [1.165, 1.54) is 0 Å². The number of benzene rings is 1. The summed E-state index contributed by atoms with van der Waals surface area (Å²) >= 11 is 0. The minimum absolute atomic E-state index is 0.0791. The molecule has 21 heavy (non-hydrogen) atoms. The smallest absolute Gasteiger partial charge is 0.254 e. The molecule has 0 radical (unpaired) electrons. The van der Waals surface area contributed by atoms with Gasteiger partial charge in [0.2, 0.25) is 0 Å². The highest BCUT2D eigenvalue weighted by Crippen LogP contribution is 2.23. The number of nitriles is 1. The van der Waals surface area contributed by atoms with Crippen LogP contribution in [0.5, 0.6) is 0 Å². The molecular formula is C16H20N2O3. The zero-order chi connectivity index (χ0) is 15.5. The number of methoxy groups -OCH3 is 1. The topological polar surface area (TPSA) is 62.6 Å². The van der Waals surface area contributed by atoms with Gasteiger partial charge in [-0.2, -0.15) is 5.26 Å². The number of nitrogens with zero attached hydrogens (tertiary/aromatic N) is 2. The minimum atomic E-state index is -0.413. The summed E-state index contributed by atoms with van der Waals surface area (Å²) in [4.78, 5) is 14.4. The fraction of sp³-hybridized carbons (Fsp3) is 0.500. The van der Waals surface area contributed by atoms with E-state index in [1.54, 1.807) is 36.3 Å². The Hall–Kier alpha value is -1.90. The molecule has 1 saturated heterocycles. The van der Waals surface area contributed by atoms with E-state index in [0.717, 1.165) is 0 Å². The normalized spacial score (nSPS) is 20.9. The average Bonchev–Trinajstić information content (AvgIpc) is 2.45. The number of morpholine rings is 1. The SMILES string of the molecule is COCC1CN(C(=O)c2cccc(C#N)c2)CC(C)(C)O1. The molecule has 1 aliphatic rings. The van der Waals surface area contributed by atoms with Crippen LogP contribution < -0.4 is 0 Å². The lowest BCUT2D eigenvalue weighted by Crippen LogP contribution is -2.55. The van der Waals surface area contributed by atoms with E-state index in [4.69, 9.17) is 14.7 Å². The van der Waals surface area contributed by atoms with E-state index < -0.39 is 5.60 Å². The molecule has 1 heterocycles. The van der Waals surface area contributed by atoms with Crippen molar-refractivity contribution in [1.82, 2.24) is 4.90 Å². The maximum Gasteiger partial charge on any atom is 0.254 e. The van der Waals surface area contributed by atoms with Crippen molar-refractivity contribution in [3.63, 3.8) is 0 Å². The van der Waals surface area contributed by atoms with Gasteiger partial charge in [0, 0.05) is 25.8 Å². The van der Waals surface area contributed by atoms with Crippen LogP contribution in [0.2, 0.25) is 0 Å². The number of rotatable bonds is 3. The van der Waals surface area contributed by atoms with Crippen molar-refractivity contribution in [3.8, 4) is 6.07 Å². The van der Waals surface area contributed by atoms with Crippen LogP contribution in [0.1, 0.15) is 29.8 Å². The Kier molecular flexibility index (Phi) is 4.61. The monoisotopic (exact) mass is 288 g/mol. The number of hydrogen-bond acceptors (Lipinski definition) is 4. The predicted molar refractivity (Wildman–Crippen MR) is 77.9 cm³/mol. The zero-order valence-electron chi connectivity index (χ0n) is 12.6. The van der Waals surface area contributed by atoms with Crippen molar-refractivity contribution in [3.05, 3.63) is 35.4 Å². The van der Waals surface area contributed by atoms with Gasteiger partial charge in [0.25, 0.3) is 5.91 Å². The standard InChI is InChI=1S/C16H20N2O3/c1-16(2)11-18(9-14(21-16)10-20-3)15(19)13-6-4-5-12(7-13)8-17/h4-7,14H,9-11H2,1-3H3. The molecule has 1 aliphatic heterocycles. The van der Waals surface area contributed by atoms with Crippen LogP contribution in [0.3, 0.4) is 0 Å². The first kappa shape index (κ1) is 15.5. The van der Waals surface area contributed by atoms with Crippen LogP contribution >= 0.6 is 0 Å². The second-order valence-electron chi connectivity index (χ2n) is 5.83. The van der Waals surface area contributed by atoms with Gasteiger partial charge >= 0.3 is 0 Å². The van der Waals surface area contributed by atoms with Crippen LogP contribution in [-0.2, 0) is 9.47 Å². The predicted octanol–water partition coefficient (Wildman–Crippen LogP) is 1.82. The molecule has 1 aromatic carbocycles. The van der Waals surface area contributed by atoms with Gasteiger partial charge in [-0.3, -0.25) is 4.79 Å². The highest BCUT2D eigenvalue weighted by atomic mass is 16.5. The van der Waals surface area contributed by atoms with Gasteiger partial charge in [0.05, 0.1) is 29.9 Å². The van der Waals surface area contributed by atoms with Crippen LogP contribution in [-0.4, -0.2) is 49.3 Å². The van der Waals surface area contributed by atoms with E-state index >= 15 is 0 Å². The summed E-state index contributed by atoms with van der Waals surface area (Å²) in [5.74, 6) is -0.0791. The maximum absolute atomic E-state index is 12.6. The molecule has 1 aromatic rings. The molecule has 5 heteroatoms. The fourth-order valence-corrected chi connectivity index (χ4v) is 2.63. The molecule has 1 amide bonds. The van der Waals surface area contributed by atoms with Crippen LogP contribution in [0, 0.1) is 11.3 Å². The van der Waals surface area contributed by atoms with Crippen LogP contribution in [0.4, 0.5) is 0 Å². The van der Waals surface area contributed by atoms with Gasteiger partial charge in [-0.05, 0) is 32.0 Å². The third-order valence-electron chi connectivity index (χ3n) is 3.36. The first-order valence-electron chi connectivity index (χ1n) is 6.91. The Balaban J connectivity index is 2.19. The van der Waals surface area contributed by atoms with Crippen molar-refractivity contribution in [2.75, 3.05) is 26.8 Å². The Bertz CT molecular complexity index is 563. The third-order valence-corrected chi connectivity index (χ3v) is 3.36. The maximum atomic E-state index is 12.6. The molecule has 0 spiro atoms. The summed E-state index contributed by atoms with van der Waals surface area (Å²) in [6.07, 6.45) is -0.137. The van der Waals surface area contributed by atoms with Crippen molar-refractivity contribution < 1.29 is 14.3 Å². The number of carbonyl (C=O) groups excluding carboxylic acids is 1. The van der Waals surface area contributed by atoms with Crippen LogP contribution in [0.15, 0.2) is 24.3 Å². The Morgan fingerprint density at radius 3 is 3.00 bits per heavy atom. The van der Waals surface area contributed by atoms with Gasteiger partial charge in [0.1, 0.15) is 0 Å². The van der Waals surface area contributed by atoms with Gasteiger partial charge < -0.3 is 14.4 Å². The van der Waals surface area contributed by atoms with E-state index in [2.05, 4.69) is 6.07 Å². The molecule has 0 N–H and O–H groups in total.